The summed E-state index contributed by atoms with van der Waals surface area (Å²) in [6, 6.07) is 6.79. The minimum absolute atomic E-state index is 0.156. The van der Waals surface area contributed by atoms with E-state index in [0.717, 1.165) is 11.8 Å². The Hall–Kier alpha value is -0.370. The molecule has 1 aromatic carbocycles. The third-order valence-electron chi connectivity index (χ3n) is 2.21. The van der Waals surface area contributed by atoms with Crippen LogP contribution in [0.25, 0.3) is 0 Å². The molecule has 2 heteroatoms. The minimum atomic E-state index is -0.156. The first-order chi connectivity index (χ1) is 6.24. The summed E-state index contributed by atoms with van der Waals surface area (Å²) in [5, 5.41) is 1.04. The summed E-state index contributed by atoms with van der Waals surface area (Å²) in [6.45, 7) is 2.18. The molecule has 0 aromatic heterocycles. The van der Waals surface area contributed by atoms with Gasteiger partial charge in [0, 0.05) is 5.33 Å². The van der Waals surface area contributed by atoms with Crippen LogP contribution < -0.4 is 0 Å². The fraction of sp³-hybridized carbons (Fsp3) is 0.455. The van der Waals surface area contributed by atoms with Crippen molar-refractivity contribution in [3.8, 4) is 0 Å². The maximum Gasteiger partial charge on any atom is 0.123 e. The highest BCUT2D eigenvalue weighted by Gasteiger charge is 2.04. The van der Waals surface area contributed by atoms with E-state index in [2.05, 4.69) is 22.9 Å². The Labute approximate surface area is 87.3 Å². The van der Waals surface area contributed by atoms with E-state index in [1.807, 2.05) is 12.1 Å². The molecule has 0 fully saturated rings. The molecule has 0 N–H and O–H groups in total. The third-order valence-corrected chi connectivity index (χ3v) is 2.77. The van der Waals surface area contributed by atoms with Crippen molar-refractivity contribution in [3.05, 3.63) is 35.6 Å². The fourth-order valence-corrected chi connectivity index (χ4v) is 1.67. The first-order valence-corrected chi connectivity index (χ1v) is 5.67. The van der Waals surface area contributed by atoms with Crippen molar-refractivity contribution in [3.63, 3.8) is 0 Å². The third kappa shape index (κ3) is 3.47. The topological polar surface area (TPSA) is 0 Å². The van der Waals surface area contributed by atoms with Gasteiger partial charge in [0.05, 0.1) is 0 Å². The van der Waals surface area contributed by atoms with Gasteiger partial charge in [-0.1, -0.05) is 35.0 Å². The van der Waals surface area contributed by atoms with Crippen LogP contribution in [0.3, 0.4) is 0 Å². The molecule has 1 atom stereocenters. The normalized spacial score (nSPS) is 12.8. The Morgan fingerprint density at radius 2 is 1.92 bits per heavy atom. The Balaban J connectivity index is 2.55. The van der Waals surface area contributed by atoms with Crippen molar-refractivity contribution < 1.29 is 4.39 Å². The quantitative estimate of drug-likeness (QED) is 0.700. The molecule has 0 amide bonds. The van der Waals surface area contributed by atoms with E-state index >= 15 is 0 Å². The minimum Gasteiger partial charge on any atom is -0.207 e. The van der Waals surface area contributed by atoms with Crippen molar-refractivity contribution in [2.24, 2.45) is 0 Å². The van der Waals surface area contributed by atoms with Crippen LogP contribution in [0.5, 0.6) is 0 Å². The maximum absolute atomic E-state index is 12.6. The largest absolute Gasteiger partial charge is 0.207 e. The number of hydrogen-bond acceptors (Lipinski definition) is 0. The van der Waals surface area contributed by atoms with Crippen LogP contribution in [0.2, 0.25) is 0 Å². The van der Waals surface area contributed by atoms with Crippen LogP contribution in [-0.2, 0) is 0 Å². The van der Waals surface area contributed by atoms with Crippen LogP contribution in [-0.4, -0.2) is 5.33 Å². The van der Waals surface area contributed by atoms with Gasteiger partial charge in [-0.2, -0.15) is 0 Å². The van der Waals surface area contributed by atoms with Gasteiger partial charge in [-0.15, -0.1) is 0 Å². The average Bonchev–Trinajstić information content (AvgIpc) is 2.15. The highest BCUT2D eigenvalue weighted by atomic mass is 79.9. The highest BCUT2D eigenvalue weighted by Crippen LogP contribution is 2.20. The fourth-order valence-electron chi connectivity index (χ4n) is 1.34. The van der Waals surface area contributed by atoms with E-state index in [-0.39, 0.29) is 5.82 Å². The zero-order chi connectivity index (χ0) is 9.68. The van der Waals surface area contributed by atoms with E-state index in [0.29, 0.717) is 5.92 Å². The van der Waals surface area contributed by atoms with Crippen molar-refractivity contribution in [2.75, 3.05) is 5.33 Å². The molecule has 0 aliphatic carbocycles. The molecule has 0 saturated heterocycles. The Morgan fingerprint density at radius 3 is 2.46 bits per heavy atom. The van der Waals surface area contributed by atoms with E-state index in [4.69, 9.17) is 0 Å². The van der Waals surface area contributed by atoms with Gasteiger partial charge in [0.15, 0.2) is 0 Å². The molecular formula is C11H14BrF. The van der Waals surface area contributed by atoms with E-state index < -0.39 is 0 Å². The van der Waals surface area contributed by atoms with Crippen LogP contribution in [0.4, 0.5) is 4.39 Å². The Bertz CT molecular complexity index is 243. The van der Waals surface area contributed by atoms with Crippen molar-refractivity contribution in [2.45, 2.75) is 25.7 Å². The summed E-state index contributed by atoms with van der Waals surface area (Å²) < 4.78 is 12.6. The number of alkyl halides is 1. The predicted octanol–water partition coefficient (Wildman–Crippen LogP) is 4.10. The van der Waals surface area contributed by atoms with Gasteiger partial charge in [0.2, 0.25) is 0 Å². The molecule has 0 spiro atoms. The highest BCUT2D eigenvalue weighted by molar-refractivity contribution is 9.09. The molecule has 0 bridgehead atoms. The molecular weight excluding hydrogens is 231 g/mol. The molecule has 0 radical (unpaired) electrons. The molecule has 1 unspecified atom stereocenters. The predicted molar refractivity (Wildman–Crippen MR) is 57.8 cm³/mol. The second kappa shape index (κ2) is 5.38. The first kappa shape index (κ1) is 10.7. The van der Waals surface area contributed by atoms with Gasteiger partial charge in [-0.25, -0.2) is 4.39 Å². The van der Waals surface area contributed by atoms with Gasteiger partial charge in [0.25, 0.3) is 0 Å². The van der Waals surface area contributed by atoms with E-state index in [9.17, 15) is 4.39 Å². The molecule has 0 aliphatic rings. The zero-order valence-corrected chi connectivity index (χ0v) is 9.35. The molecule has 0 saturated carbocycles. The summed E-state index contributed by atoms with van der Waals surface area (Å²) in [5.41, 5.74) is 1.22. The van der Waals surface area contributed by atoms with Crippen molar-refractivity contribution in [1.29, 1.82) is 0 Å². The summed E-state index contributed by atoms with van der Waals surface area (Å²) in [5.74, 6) is 0.370. The second-order valence-electron chi connectivity index (χ2n) is 3.28. The summed E-state index contributed by atoms with van der Waals surface area (Å²) in [7, 11) is 0. The molecule has 72 valence electrons. The molecule has 13 heavy (non-hydrogen) atoms. The number of benzene rings is 1. The number of hydrogen-bond donors (Lipinski definition) is 0. The zero-order valence-electron chi connectivity index (χ0n) is 7.76. The van der Waals surface area contributed by atoms with Gasteiger partial charge >= 0.3 is 0 Å². The second-order valence-corrected chi connectivity index (χ2v) is 4.08. The van der Waals surface area contributed by atoms with Crippen LogP contribution in [0, 0.1) is 5.82 Å². The summed E-state index contributed by atoms with van der Waals surface area (Å²) >= 11 is 3.40. The lowest BCUT2D eigenvalue weighted by molar-refractivity contribution is 0.622. The standard InChI is InChI=1S/C11H14BrF/c1-9(3-2-8-12)10-4-6-11(13)7-5-10/h4-7,9H,2-3,8H2,1H3. The first-order valence-electron chi connectivity index (χ1n) is 4.55. The van der Waals surface area contributed by atoms with Crippen LogP contribution >= 0.6 is 15.9 Å². The maximum atomic E-state index is 12.6. The molecule has 0 aliphatic heterocycles. The Kier molecular flexibility index (Phi) is 4.43. The number of rotatable bonds is 4. The molecule has 0 nitrogen and oxygen atoms in total. The lowest BCUT2D eigenvalue weighted by Crippen LogP contribution is -1.93. The van der Waals surface area contributed by atoms with Gasteiger partial charge < -0.3 is 0 Å². The molecule has 1 aromatic rings. The lowest BCUT2D eigenvalue weighted by Gasteiger charge is -2.10. The van der Waals surface area contributed by atoms with Crippen LogP contribution in [0.1, 0.15) is 31.2 Å². The molecule has 0 heterocycles. The monoisotopic (exact) mass is 244 g/mol. The van der Waals surface area contributed by atoms with Gasteiger partial charge in [-0.05, 0) is 36.5 Å². The molecule has 1 rings (SSSR count). The smallest absolute Gasteiger partial charge is 0.123 e. The van der Waals surface area contributed by atoms with E-state index in [1.165, 1.54) is 24.1 Å². The van der Waals surface area contributed by atoms with Crippen molar-refractivity contribution >= 4 is 15.9 Å². The van der Waals surface area contributed by atoms with Gasteiger partial charge in [0.1, 0.15) is 5.82 Å². The Morgan fingerprint density at radius 1 is 1.31 bits per heavy atom. The summed E-state index contributed by atoms with van der Waals surface area (Å²) in [6.07, 6.45) is 2.31. The van der Waals surface area contributed by atoms with Crippen LogP contribution in [0.15, 0.2) is 24.3 Å². The van der Waals surface area contributed by atoms with E-state index in [1.54, 1.807) is 0 Å². The van der Waals surface area contributed by atoms with Gasteiger partial charge in [-0.3, -0.25) is 0 Å². The summed E-state index contributed by atoms with van der Waals surface area (Å²) in [4.78, 5) is 0. The lowest BCUT2D eigenvalue weighted by atomic mass is 9.97. The average molecular weight is 245 g/mol. The number of halogens is 2. The SMILES string of the molecule is CC(CCCBr)c1ccc(F)cc1. The van der Waals surface area contributed by atoms with Crippen molar-refractivity contribution in [1.82, 2.24) is 0 Å².